The number of nitrogens with two attached hydrogens (primary N) is 1. The number of alkyl halides is 3. The number of aryl methyl sites for hydroxylation is 1. The summed E-state index contributed by atoms with van der Waals surface area (Å²) in [4.78, 5) is 6.92. The Morgan fingerprint density at radius 1 is 1.15 bits per heavy atom. The Bertz CT molecular complexity index is 623. The number of anilines is 3. The molecule has 0 fully saturated rings. The highest BCUT2D eigenvalue weighted by atomic mass is 79.9. The molecule has 0 saturated heterocycles. The van der Waals surface area contributed by atoms with Gasteiger partial charge in [-0.25, -0.2) is 4.98 Å². The maximum absolute atomic E-state index is 12.6. The second-order valence-corrected chi connectivity index (χ2v) is 5.05. The number of hydrogen-bond acceptors (Lipinski definition) is 4. The summed E-state index contributed by atoms with van der Waals surface area (Å²) >= 11 is 3.31. The Morgan fingerprint density at radius 2 is 1.85 bits per heavy atom. The minimum atomic E-state index is -4.57. The first-order valence-electron chi connectivity index (χ1n) is 5.50. The third kappa shape index (κ3) is 3.60. The molecule has 2 rings (SSSR count). The van der Waals surface area contributed by atoms with Gasteiger partial charge in [0.05, 0.1) is 0 Å². The third-order valence-corrected chi connectivity index (χ3v) is 2.81. The first-order chi connectivity index (χ1) is 9.24. The van der Waals surface area contributed by atoms with Gasteiger partial charge in [0, 0.05) is 16.2 Å². The van der Waals surface area contributed by atoms with Crippen LogP contribution in [0, 0.1) is 6.92 Å². The molecule has 0 bridgehead atoms. The zero-order chi connectivity index (χ0) is 14.9. The van der Waals surface area contributed by atoms with E-state index in [0.717, 1.165) is 16.1 Å². The van der Waals surface area contributed by atoms with Gasteiger partial charge in [-0.1, -0.05) is 15.9 Å². The molecule has 8 heteroatoms. The molecule has 0 aliphatic heterocycles. The lowest BCUT2D eigenvalue weighted by molar-refractivity contribution is -0.141. The van der Waals surface area contributed by atoms with Gasteiger partial charge < -0.3 is 11.1 Å². The summed E-state index contributed by atoms with van der Waals surface area (Å²) in [5.41, 5.74) is 5.76. The fourth-order valence-corrected chi connectivity index (χ4v) is 2.24. The quantitative estimate of drug-likeness (QED) is 0.865. The van der Waals surface area contributed by atoms with Crippen LogP contribution in [0.1, 0.15) is 11.3 Å². The normalized spacial score (nSPS) is 11.4. The van der Waals surface area contributed by atoms with Crippen LogP contribution in [0.15, 0.2) is 28.7 Å². The zero-order valence-corrected chi connectivity index (χ0v) is 11.9. The fourth-order valence-electron chi connectivity index (χ4n) is 1.63. The van der Waals surface area contributed by atoms with E-state index < -0.39 is 17.8 Å². The van der Waals surface area contributed by atoms with Crippen molar-refractivity contribution in [3.8, 4) is 0 Å². The van der Waals surface area contributed by atoms with Gasteiger partial charge in [0.25, 0.3) is 0 Å². The Labute approximate surface area is 121 Å². The molecule has 2 aromatic rings. The molecule has 1 aromatic heterocycles. The van der Waals surface area contributed by atoms with Crippen LogP contribution in [0.4, 0.5) is 30.6 Å². The summed E-state index contributed by atoms with van der Waals surface area (Å²) in [6.45, 7) is 1.87. The first-order valence-corrected chi connectivity index (χ1v) is 6.29. The van der Waals surface area contributed by atoms with E-state index in [1.165, 1.54) is 0 Å². The number of nitrogens with one attached hydrogen (secondary N) is 1. The van der Waals surface area contributed by atoms with E-state index in [4.69, 9.17) is 5.73 Å². The average Bonchev–Trinajstić information content (AvgIpc) is 2.25. The number of benzene rings is 1. The van der Waals surface area contributed by atoms with Crippen molar-refractivity contribution in [3.05, 3.63) is 40.0 Å². The van der Waals surface area contributed by atoms with Crippen molar-refractivity contribution < 1.29 is 13.2 Å². The minimum Gasteiger partial charge on any atom is -0.368 e. The number of nitrogens with zero attached hydrogens (tertiary/aromatic N) is 2. The molecule has 0 saturated carbocycles. The molecule has 20 heavy (non-hydrogen) atoms. The molecule has 0 aliphatic rings. The molecule has 0 spiro atoms. The summed E-state index contributed by atoms with van der Waals surface area (Å²) < 4.78 is 38.7. The van der Waals surface area contributed by atoms with Gasteiger partial charge in [0.2, 0.25) is 5.95 Å². The van der Waals surface area contributed by atoms with E-state index >= 15 is 0 Å². The lowest BCUT2D eigenvalue weighted by atomic mass is 10.2. The van der Waals surface area contributed by atoms with Gasteiger partial charge in [-0.15, -0.1) is 0 Å². The van der Waals surface area contributed by atoms with Crippen LogP contribution in [-0.2, 0) is 6.18 Å². The monoisotopic (exact) mass is 346 g/mol. The van der Waals surface area contributed by atoms with Crippen LogP contribution in [0.2, 0.25) is 0 Å². The molecular formula is C12H10BrF3N4. The van der Waals surface area contributed by atoms with Crippen LogP contribution in [0.25, 0.3) is 0 Å². The number of nitrogen functional groups attached to an aromatic ring is 1. The predicted molar refractivity (Wildman–Crippen MR) is 73.6 cm³/mol. The van der Waals surface area contributed by atoms with Gasteiger partial charge in [0.15, 0.2) is 5.69 Å². The highest BCUT2D eigenvalue weighted by Gasteiger charge is 2.33. The number of rotatable bonds is 2. The van der Waals surface area contributed by atoms with E-state index in [1.54, 1.807) is 12.1 Å². The van der Waals surface area contributed by atoms with Crippen molar-refractivity contribution in [1.82, 2.24) is 9.97 Å². The fraction of sp³-hybridized carbons (Fsp3) is 0.167. The average molecular weight is 347 g/mol. The molecule has 1 aromatic carbocycles. The largest absolute Gasteiger partial charge is 0.433 e. The van der Waals surface area contributed by atoms with Crippen molar-refractivity contribution in [1.29, 1.82) is 0 Å². The van der Waals surface area contributed by atoms with Crippen LogP contribution >= 0.6 is 15.9 Å². The highest BCUT2D eigenvalue weighted by Crippen LogP contribution is 2.30. The third-order valence-electron chi connectivity index (χ3n) is 2.35. The molecule has 0 amide bonds. The highest BCUT2D eigenvalue weighted by molar-refractivity contribution is 9.10. The Balaban J connectivity index is 2.36. The Kier molecular flexibility index (Phi) is 3.85. The number of halogens is 4. The molecule has 1 heterocycles. The van der Waals surface area contributed by atoms with Gasteiger partial charge in [-0.3, -0.25) is 0 Å². The molecule has 3 N–H and O–H groups in total. The van der Waals surface area contributed by atoms with Gasteiger partial charge in [0.1, 0.15) is 5.82 Å². The van der Waals surface area contributed by atoms with E-state index in [-0.39, 0.29) is 5.82 Å². The van der Waals surface area contributed by atoms with Gasteiger partial charge >= 0.3 is 6.18 Å². The second-order valence-electron chi connectivity index (χ2n) is 4.14. The summed E-state index contributed by atoms with van der Waals surface area (Å²) in [5, 5.41) is 2.78. The molecule has 0 radical (unpaired) electrons. The minimum absolute atomic E-state index is 0.0117. The second kappa shape index (κ2) is 5.28. The summed E-state index contributed by atoms with van der Waals surface area (Å²) in [6.07, 6.45) is -4.57. The number of hydrogen-bond donors (Lipinski definition) is 2. The lowest BCUT2D eigenvalue weighted by Gasteiger charge is -2.11. The van der Waals surface area contributed by atoms with Crippen molar-refractivity contribution >= 4 is 33.4 Å². The smallest absolute Gasteiger partial charge is 0.368 e. The lowest BCUT2D eigenvalue weighted by Crippen LogP contribution is -2.12. The van der Waals surface area contributed by atoms with Crippen LogP contribution in [0.3, 0.4) is 0 Å². The summed E-state index contributed by atoms with van der Waals surface area (Å²) in [5.74, 6) is -0.448. The van der Waals surface area contributed by atoms with E-state index in [2.05, 4.69) is 31.2 Å². The van der Waals surface area contributed by atoms with Gasteiger partial charge in [-0.05, 0) is 30.7 Å². The van der Waals surface area contributed by atoms with Crippen molar-refractivity contribution in [2.45, 2.75) is 13.1 Å². The maximum atomic E-state index is 12.6. The molecular weight excluding hydrogens is 337 g/mol. The topological polar surface area (TPSA) is 63.8 Å². The number of aromatic nitrogens is 2. The van der Waals surface area contributed by atoms with Crippen molar-refractivity contribution in [2.75, 3.05) is 11.1 Å². The SMILES string of the molecule is Cc1cc(Br)cc(Nc2cc(C(F)(F)F)nc(N)n2)c1. The molecule has 0 unspecified atom stereocenters. The molecule has 4 nitrogen and oxygen atoms in total. The standard InChI is InChI=1S/C12H10BrF3N4/c1-6-2-7(13)4-8(3-6)18-10-5-9(12(14,15)16)19-11(17)20-10/h2-5H,1H3,(H3,17,18,19,20). The van der Waals surface area contributed by atoms with E-state index in [1.807, 2.05) is 13.0 Å². The first kappa shape index (κ1) is 14.6. The molecule has 0 aliphatic carbocycles. The maximum Gasteiger partial charge on any atom is 0.433 e. The van der Waals surface area contributed by atoms with Crippen LogP contribution in [-0.4, -0.2) is 9.97 Å². The molecule has 106 valence electrons. The Morgan fingerprint density at radius 3 is 2.45 bits per heavy atom. The van der Waals surface area contributed by atoms with E-state index in [0.29, 0.717) is 5.69 Å². The van der Waals surface area contributed by atoms with Crippen LogP contribution in [0.5, 0.6) is 0 Å². The molecule has 0 atom stereocenters. The van der Waals surface area contributed by atoms with Crippen LogP contribution < -0.4 is 11.1 Å². The Hall–Kier alpha value is -1.83. The van der Waals surface area contributed by atoms with E-state index in [9.17, 15) is 13.2 Å². The van der Waals surface area contributed by atoms with Gasteiger partial charge in [-0.2, -0.15) is 18.2 Å². The summed E-state index contributed by atoms with van der Waals surface area (Å²) in [6, 6.07) is 6.18. The van der Waals surface area contributed by atoms with Crippen molar-refractivity contribution in [2.24, 2.45) is 0 Å². The summed E-state index contributed by atoms with van der Waals surface area (Å²) in [7, 11) is 0. The predicted octanol–water partition coefficient (Wildman–Crippen LogP) is 3.89. The zero-order valence-electron chi connectivity index (χ0n) is 10.3. The van der Waals surface area contributed by atoms with Crippen molar-refractivity contribution in [3.63, 3.8) is 0 Å².